The van der Waals surface area contributed by atoms with Crippen LogP contribution >= 0.6 is 0 Å². The van der Waals surface area contributed by atoms with Crippen LogP contribution in [0, 0.1) is 5.92 Å². The first kappa shape index (κ1) is 27.8. The first-order chi connectivity index (χ1) is 16.1. The summed E-state index contributed by atoms with van der Waals surface area (Å²) in [7, 11) is 0. The number of carboxylic acid groups (broad SMARTS) is 1. The van der Waals surface area contributed by atoms with Crippen LogP contribution in [0.3, 0.4) is 0 Å². The minimum Gasteiger partial charge on any atom is -0.480 e. The highest BCUT2D eigenvalue weighted by Gasteiger charge is 2.23. The fourth-order valence-corrected chi connectivity index (χ4v) is 4.42. The highest BCUT2D eigenvalue weighted by Crippen LogP contribution is 2.27. The van der Waals surface area contributed by atoms with Crippen molar-refractivity contribution >= 4 is 23.5 Å². The lowest BCUT2D eigenvalue weighted by Crippen LogP contribution is -2.37. The number of aliphatic carboxylic acids is 1. The minimum atomic E-state index is -1.02. The van der Waals surface area contributed by atoms with Crippen LogP contribution in [0.1, 0.15) is 89.1 Å². The summed E-state index contributed by atoms with van der Waals surface area (Å²) in [5.74, 6) is -0.929. The Morgan fingerprint density at radius 2 is 1.65 bits per heavy atom. The van der Waals surface area contributed by atoms with Crippen LogP contribution in [-0.2, 0) is 16.1 Å². The maximum Gasteiger partial charge on any atom is 0.323 e. The molecule has 0 unspecified atom stereocenters. The van der Waals surface area contributed by atoms with Crippen LogP contribution in [0.25, 0.3) is 0 Å². The average Bonchev–Trinajstić information content (AvgIpc) is 2.75. The Morgan fingerprint density at radius 1 is 1.00 bits per heavy atom. The molecule has 0 saturated heterocycles. The molecular weight excluding hydrogens is 430 g/mol. The number of hydrogen-bond acceptors (Lipinski definition) is 4. The summed E-state index contributed by atoms with van der Waals surface area (Å²) in [5, 5.41) is 9.36. The normalized spacial score (nSPS) is 16.0. The van der Waals surface area contributed by atoms with Gasteiger partial charge in [-0.15, -0.1) is 0 Å². The number of carbonyl (C=O) groups is 3. The van der Waals surface area contributed by atoms with E-state index >= 15 is 0 Å². The van der Waals surface area contributed by atoms with E-state index in [0.29, 0.717) is 37.2 Å². The van der Waals surface area contributed by atoms with Gasteiger partial charge in [-0.25, -0.2) is 0 Å². The quantitative estimate of drug-likeness (QED) is 0.616. The van der Waals surface area contributed by atoms with Gasteiger partial charge in [-0.1, -0.05) is 33.1 Å². The second kappa shape index (κ2) is 13.5. The lowest BCUT2D eigenvalue weighted by Gasteiger charge is -2.31. The van der Waals surface area contributed by atoms with E-state index in [1.54, 1.807) is 13.0 Å². The van der Waals surface area contributed by atoms with Gasteiger partial charge in [-0.3, -0.25) is 19.3 Å². The van der Waals surface area contributed by atoms with Crippen molar-refractivity contribution < 1.29 is 19.5 Å². The van der Waals surface area contributed by atoms with E-state index in [1.807, 2.05) is 17.0 Å². The third-order valence-corrected chi connectivity index (χ3v) is 6.52. The molecule has 1 heterocycles. The van der Waals surface area contributed by atoms with Crippen molar-refractivity contribution in [2.45, 2.75) is 85.7 Å². The van der Waals surface area contributed by atoms with E-state index in [0.717, 1.165) is 43.5 Å². The third-order valence-electron chi connectivity index (χ3n) is 6.52. The topological polar surface area (TPSA) is 81.2 Å². The molecule has 1 aliphatic heterocycles. The molecular formula is C27H43N3O4. The Labute approximate surface area is 205 Å². The molecule has 34 heavy (non-hydrogen) atoms. The molecule has 0 fully saturated rings. The average molecular weight is 474 g/mol. The molecule has 0 aromatic heterocycles. The summed E-state index contributed by atoms with van der Waals surface area (Å²) in [6.07, 6.45) is 6.27. The number of carbonyl (C=O) groups excluding carboxylic acids is 2. The predicted octanol–water partition coefficient (Wildman–Crippen LogP) is 4.79. The highest BCUT2D eigenvalue weighted by molar-refractivity contribution is 5.98. The van der Waals surface area contributed by atoms with Crippen LogP contribution in [0.15, 0.2) is 18.2 Å². The van der Waals surface area contributed by atoms with Gasteiger partial charge in [0.1, 0.15) is 6.54 Å². The molecule has 1 N–H and O–H groups in total. The number of carboxylic acids is 1. The third kappa shape index (κ3) is 8.42. The van der Waals surface area contributed by atoms with Crippen molar-refractivity contribution in [1.82, 2.24) is 9.80 Å². The van der Waals surface area contributed by atoms with Crippen LogP contribution in [-0.4, -0.2) is 64.9 Å². The van der Waals surface area contributed by atoms with Gasteiger partial charge in [0.15, 0.2) is 0 Å². The number of amides is 2. The predicted molar refractivity (Wildman–Crippen MR) is 136 cm³/mol. The summed E-state index contributed by atoms with van der Waals surface area (Å²) in [5.41, 5.74) is 2.26. The molecule has 0 radical (unpaired) electrons. The zero-order valence-corrected chi connectivity index (χ0v) is 21.7. The van der Waals surface area contributed by atoms with Gasteiger partial charge in [-0.2, -0.15) is 0 Å². The van der Waals surface area contributed by atoms with Gasteiger partial charge >= 0.3 is 5.97 Å². The fraction of sp³-hybridized carbons (Fsp3) is 0.667. The van der Waals surface area contributed by atoms with Crippen molar-refractivity contribution in [3.8, 4) is 0 Å². The summed E-state index contributed by atoms with van der Waals surface area (Å²) < 4.78 is 0. The second-order valence-electron chi connectivity index (χ2n) is 10.1. The number of anilines is 1. The molecule has 0 bridgehead atoms. The van der Waals surface area contributed by atoms with Gasteiger partial charge in [0.2, 0.25) is 5.91 Å². The molecule has 0 atom stereocenters. The van der Waals surface area contributed by atoms with Crippen LogP contribution in [0.2, 0.25) is 0 Å². The largest absolute Gasteiger partial charge is 0.480 e. The first-order valence-corrected chi connectivity index (χ1v) is 12.8. The zero-order valence-electron chi connectivity index (χ0n) is 21.7. The number of hydrogen-bond donors (Lipinski definition) is 1. The van der Waals surface area contributed by atoms with E-state index < -0.39 is 5.97 Å². The van der Waals surface area contributed by atoms with Crippen LogP contribution in [0.4, 0.5) is 5.69 Å². The lowest BCUT2D eigenvalue weighted by atomic mass is 10.0. The number of fused-ring (bicyclic) bond motifs is 1. The van der Waals surface area contributed by atoms with Crippen molar-refractivity contribution in [2.24, 2.45) is 5.92 Å². The molecule has 2 amide bonds. The Balaban J connectivity index is 2.47. The summed E-state index contributed by atoms with van der Waals surface area (Å²) in [6.45, 7) is 12.4. The van der Waals surface area contributed by atoms with E-state index in [2.05, 4.69) is 32.6 Å². The maximum atomic E-state index is 13.4. The Bertz CT molecular complexity index is 837. The van der Waals surface area contributed by atoms with E-state index in [4.69, 9.17) is 0 Å². The highest BCUT2D eigenvalue weighted by atomic mass is 16.4. The molecule has 190 valence electrons. The van der Waals surface area contributed by atoms with Crippen molar-refractivity contribution in [3.05, 3.63) is 29.3 Å². The SMILES string of the molecule is CC(=O)N1CCCCCCCN(C(C)C)Cc2cc(C(=O)N(CCC(C)C)CC(=O)O)ccc21. The Morgan fingerprint density at radius 3 is 2.24 bits per heavy atom. The minimum absolute atomic E-state index is 0.00193. The number of rotatable bonds is 7. The van der Waals surface area contributed by atoms with E-state index in [1.165, 1.54) is 17.7 Å². The molecule has 7 heteroatoms. The monoisotopic (exact) mass is 473 g/mol. The van der Waals surface area contributed by atoms with E-state index in [-0.39, 0.29) is 18.4 Å². The summed E-state index contributed by atoms with van der Waals surface area (Å²) in [6, 6.07) is 5.82. The summed E-state index contributed by atoms with van der Waals surface area (Å²) >= 11 is 0. The maximum absolute atomic E-state index is 13.4. The summed E-state index contributed by atoms with van der Waals surface area (Å²) in [4.78, 5) is 43.0. The molecule has 0 aliphatic carbocycles. The standard InChI is InChI=1S/C27H43N3O4/c1-20(2)13-16-29(19-26(32)33)27(34)23-11-12-25-24(17-23)18-28(21(3)4)14-9-7-6-8-10-15-30(25)22(5)31/h11-12,17,20-21H,6-10,13-16,18-19H2,1-5H3,(H,32,33). The smallest absolute Gasteiger partial charge is 0.323 e. The molecule has 0 saturated carbocycles. The Kier molecular flexibility index (Phi) is 11.0. The van der Waals surface area contributed by atoms with Gasteiger partial charge in [0, 0.05) is 43.9 Å². The van der Waals surface area contributed by atoms with Gasteiger partial charge in [0.05, 0.1) is 0 Å². The molecule has 1 aliphatic rings. The van der Waals surface area contributed by atoms with Gasteiger partial charge in [0.25, 0.3) is 5.91 Å². The van der Waals surface area contributed by atoms with E-state index in [9.17, 15) is 19.5 Å². The number of benzene rings is 1. The first-order valence-electron chi connectivity index (χ1n) is 12.8. The Hall–Kier alpha value is -2.41. The van der Waals surface area contributed by atoms with Crippen molar-refractivity contribution in [1.29, 1.82) is 0 Å². The molecule has 7 nitrogen and oxygen atoms in total. The molecule has 1 aromatic rings. The second-order valence-corrected chi connectivity index (χ2v) is 10.1. The van der Waals surface area contributed by atoms with Crippen LogP contribution in [0.5, 0.6) is 0 Å². The van der Waals surface area contributed by atoms with Crippen molar-refractivity contribution in [2.75, 3.05) is 31.1 Å². The zero-order chi connectivity index (χ0) is 25.3. The molecule has 1 aromatic carbocycles. The van der Waals surface area contributed by atoms with Crippen molar-refractivity contribution in [3.63, 3.8) is 0 Å². The molecule has 0 spiro atoms. The van der Waals surface area contributed by atoms with Crippen LogP contribution < -0.4 is 4.90 Å². The number of nitrogens with zero attached hydrogens (tertiary/aromatic N) is 3. The van der Waals surface area contributed by atoms with Gasteiger partial charge in [-0.05, 0) is 69.3 Å². The molecule has 2 rings (SSSR count). The van der Waals surface area contributed by atoms with Gasteiger partial charge < -0.3 is 14.9 Å². The fourth-order valence-electron chi connectivity index (χ4n) is 4.42. The lowest BCUT2D eigenvalue weighted by molar-refractivity contribution is -0.137.